The fourth-order valence-electron chi connectivity index (χ4n) is 5.87. The van der Waals surface area contributed by atoms with Crippen LogP contribution in [0.5, 0.6) is 0 Å². The Balaban J connectivity index is 1.49. The van der Waals surface area contributed by atoms with Crippen LogP contribution < -0.4 is 0 Å². The van der Waals surface area contributed by atoms with Gasteiger partial charge in [0, 0.05) is 30.4 Å². The SMILES string of the molecule is C1=Cc2nc1c(-c1c[nH]cn1)c1nc(c(-c3c[nH]cn3)c3ccc([nH]3)c(-c3c[nH]cn3)c3ccc([nH]3)c2-c2c[nH]cn2)C=C1. The number of aromatic amines is 6. The molecule has 0 radical (unpaired) electrons. The van der Waals surface area contributed by atoms with E-state index < -0.39 is 0 Å². The Morgan fingerprint density at radius 2 is 0.682 bits per heavy atom. The summed E-state index contributed by atoms with van der Waals surface area (Å²) in [5.74, 6) is 0. The number of aromatic nitrogens is 12. The van der Waals surface area contributed by atoms with E-state index in [0.29, 0.717) is 0 Å². The van der Waals surface area contributed by atoms with E-state index in [1.807, 2.05) is 61.2 Å². The molecule has 0 atom stereocenters. The Morgan fingerprint density at radius 3 is 1.05 bits per heavy atom. The highest BCUT2D eigenvalue weighted by molar-refractivity contribution is 5.98. The third-order valence-electron chi connectivity index (χ3n) is 7.77. The van der Waals surface area contributed by atoms with Gasteiger partial charge in [0.05, 0.1) is 110 Å². The van der Waals surface area contributed by atoms with Crippen molar-refractivity contribution in [2.24, 2.45) is 0 Å². The molecule has 0 saturated heterocycles. The predicted molar refractivity (Wildman–Crippen MR) is 169 cm³/mol. The van der Waals surface area contributed by atoms with Crippen LogP contribution in [0.1, 0.15) is 22.8 Å². The number of H-pyrrole nitrogens is 6. The Bertz CT molecular complexity index is 2230. The summed E-state index contributed by atoms with van der Waals surface area (Å²) < 4.78 is 0. The summed E-state index contributed by atoms with van der Waals surface area (Å²) >= 11 is 0. The number of hydrogen-bond acceptors (Lipinski definition) is 6. The molecule has 0 unspecified atom stereocenters. The maximum atomic E-state index is 5.13. The normalized spacial score (nSPS) is 12.4. The van der Waals surface area contributed by atoms with Gasteiger partial charge in [-0.1, -0.05) is 0 Å². The largest absolute Gasteiger partial charge is 0.354 e. The van der Waals surface area contributed by atoms with E-state index in [1.165, 1.54) is 0 Å². The van der Waals surface area contributed by atoms with Crippen molar-refractivity contribution < 1.29 is 0 Å². The second-order valence-electron chi connectivity index (χ2n) is 10.3. The zero-order valence-electron chi connectivity index (χ0n) is 22.9. The number of imidazole rings is 4. The number of nitrogens with zero attached hydrogens (tertiary/aromatic N) is 6. The molecule has 0 spiro atoms. The summed E-state index contributed by atoms with van der Waals surface area (Å²) in [6.07, 6.45) is 22.2. The summed E-state index contributed by atoms with van der Waals surface area (Å²) in [5, 5.41) is 0. The molecule has 0 aromatic carbocycles. The lowest BCUT2D eigenvalue weighted by Gasteiger charge is -2.03. The monoisotopic (exact) mass is 574 g/mol. The Kier molecular flexibility index (Phi) is 5.19. The molecule has 2 aliphatic rings. The van der Waals surface area contributed by atoms with E-state index in [9.17, 15) is 0 Å². The van der Waals surface area contributed by atoms with Gasteiger partial charge in [0.15, 0.2) is 0 Å². The summed E-state index contributed by atoms with van der Waals surface area (Å²) in [4.78, 5) is 48.3. The van der Waals surface area contributed by atoms with Crippen LogP contribution in [0.4, 0.5) is 0 Å². The van der Waals surface area contributed by atoms with Crippen molar-refractivity contribution in [2.75, 3.05) is 0 Å². The van der Waals surface area contributed by atoms with Crippen LogP contribution in [0.3, 0.4) is 0 Å². The molecule has 6 N–H and O–H groups in total. The third kappa shape index (κ3) is 3.78. The van der Waals surface area contributed by atoms with Crippen molar-refractivity contribution in [3.05, 3.63) is 97.1 Å². The van der Waals surface area contributed by atoms with Gasteiger partial charge in [0.2, 0.25) is 0 Å². The summed E-state index contributed by atoms with van der Waals surface area (Å²) in [5.41, 5.74) is 13.0. The van der Waals surface area contributed by atoms with E-state index in [1.54, 1.807) is 25.3 Å². The first-order chi connectivity index (χ1) is 21.8. The first-order valence-corrected chi connectivity index (χ1v) is 13.9. The number of nitrogens with one attached hydrogen (secondary N) is 6. The molecule has 12 heteroatoms. The van der Waals surface area contributed by atoms with Crippen molar-refractivity contribution >= 4 is 46.4 Å². The molecule has 7 aromatic rings. The van der Waals surface area contributed by atoms with Crippen LogP contribution in [-0.2, 0) is 0 Å². The molecule has 0 amide bonds. The quantitative estimate of drug-likeness (QED) is 0.146. The average Bonchev–Trinajstić information content (AvgIpc) is 3.90. The average molecular weight is 575 g/mol. The minimum Gasteiger partial charge on any atom is -0.354 e. The third-order valence-corrected chi connectivity index (χ3v) is 7.77. The second-order valence-corrected chi connectivity index (χ2v) is 10.3. The number of hydrogen-bond donors (Lipinski definition) is 6. The van der Waals surface area contributed by atoms with E-state index >= 15 is 0 Å². The molecule has 0 fully saturated rings. The first-order valence-electron chi connectivity index (χ1n) is 13.9. The lowest BCUT2D eigenvalue weighted by Crippen LogP contribution is -1.91. The van der Waals surface area contributed by atoms with Gasteiger partial charge >= 0.3 is 0 Å². The first kappa shape index (κ1) is 24.1. The smallest absolute Gasteiger partial charge is 0.0927 e. The Hall–Kier alpha value is -6.56. The van der Waals surface area contributed by atoms with Gasteiger partial charge in [-0.15, -0.1) is 0 Å². The summed E-state index contributed by atoms with van der Waals surface area (Å²) in [6, 6.07) is 8.20. The summed E-state index contributed by atoms with van der Waals surface area (Å²) in [7, 11) is 0. The van der Waals surface area contributed by atoms with Crippen molar-refractivity contribution in [1.82, 2.24) is 59.8 Å². The summed E-state index contributed by atoms with van der Waals surface area (Å²) in [6.45, 7) is 0. The molecule has 8 bridgehead atoms. The number of fused-ring (bicyclic) bond motifs is 8. The van der Waals surface area contributed by atoms with Crippen molar-refractivity contribution in [2.45, 2.75) is 0 Å². The van der Waals surface area contributed by atoms with E-state index in [-0.39, 0.29) is 0 Å². The molecule has 9 rings (SSSR count). The molecule has 9 heterocycles. The molecule has 210 valence electrons. The van der Waals surface area contributed by atoms with Gasteiger partial charge in [0.25, 0.3) is 0 Å². The Labute approximate surface area is 248 Å². The zero-order valence-corrected chi connectivity index (χ0v) is 22.9. The van der Waals surface area contributed by atoms with E-state index in [4.69, 9.17) is 9.97 Å². The Morgan fingerprint density at radius 1 is 0.364 bits per heavy atom. The molecule has 44 heavy (non-hydrogen) atoms. The maximum Gasteiger partial charge on any atom is 0.0927 e. The van der Waals surface area contributed by atoms with Gasteiger partial charge in [-0.2, -0.15) is 0 Å². The van der Waals surface area contributed by atoms with Crippen molar-refractivity contribution in [3.63, 3.8) is 0 Å². The van der Waals surface area contributed by atoms with Gasteiger partial charge in [-0.25, -0.2) is 29.9 Å². The standard InChI is InChI=1S/C32H22N12/c1-2-18-30(26-10-34-14-38-26)20-5-6-22(43-20)32(28-12-36-16-40-28)24-8-7-23(44-24)31(27-11-35-15-39-27)21-4-3-19(42-21)29(17(1)41-18)25-9-33-13-37-25/h1-16,41-42H,(H,33,37)(H,34,38)(H,35,39)(H,36,40). The number of rotatable bonds is 4. The van der Waals surface area contributed by atoms with E-state index in [0.717, 1.165) is 89.9 Å². The highest BCUT2D eigenvalue weighted by Crippen LogP contribution is 2.36. The van der Waals surface area contributed by atoms with Crippen LogP contribution >= 0.6 is 0 Å². The minimum absolute atomic E-state index is 0.741. The second kappa shape index (κ2) is 9.49. The topological polar surface area (TPSA) is 172 Å². The lowest BCUT2D eigenvalue weighted by molar-refractivity contribution is 1.25. The molecule has 12 nitrogen and oxygen atoms in total. The molecule has 0 aliphatic carbocycles. The van der Waals surface area contributed by atoms with Gasteiger partial charge < -0.3 is 29.9 Å². The molecular weight excluding hydrogens is 552 g/mol. The van der Waals surface area contributed by atoms with Crippen molar-refractivity contribution in [3.8, 4) is 45.0 Å². The van der Waals surface area contributed by atoms with Crippen LogP contribution in [0, 0.1) is 0 Å². The lowest BCUT2D eigenvalue weighted by atomic mass is 10.1. The van der Waals surface area contributed by atoms with E-state index in [2.05, 4.69) is 62.0 Å². The highest BCUT2D eigenvalue weighted by atomic mass is 14.9. The zero-order chi connectivity index (χ0) is 29.0. The van der Waals surface area contributed by atoms with Crippen LogP contribution in [-0.4, -0.2) is 59.8 Å². The maximum absolute atomic E-state index is 5.13. The van der Waals surface area contributed by atoms with Gasteiger partial charge in [0.1, 0.15) is 0 Å². The molecule has 2 aliphatic heterocycles. The van der Waals surface area contributed by atoms with Crippen LogP contribution in [0.2, 0.25) is 0 Å². The highest BCUT2D eigenvalue weighted by Gasteiger charge is 2.21. The van der Waals surface area contributed by atoms with Gasteiger partial charge in [-0.3, -0.25) is 0 Å². The fraction of sp³-hybridized carbons (Fsp3) is 0. The molecule has 0 saturated carbocycles. The molecule has 7 aromatic heterocycles. The minimum atomic E-state index is 0.741. The van der Waals surface area contributed by atoms with Gasteiger partial charge in [-0.05, 0) is 48.6 Å². The van der Waals surface area contributed by atoms with Crippen LogP contribution in [0.15, 0.2) is 74.4 Å². The van der Waals surface area contributed by atoms with Crippen molar-refractivity contribution in [1.29, 1.82) is 0 Å². The predicted octanol–water partition coefficient (Wildman–Crippen LogP) is 6.22. The molecular formula is C32H22N12. The fourth-order valence-corrected chi connectivity index (χ4v) is 5.87. The van der Waals surface area contributed by atoms with Crippen LogP contribution in [0.25, 0.3) is 91.4 Å².